The summed E-state index contributed by atoms with van der Waals surface area (Å²) in [5.74, 6) is 1.45. The van der Waals surface area contributed by atoms with Crippen molar-refractivity contribution in [3.05, 3.63) is 130 Å². The maximum absolute atomic E-state index is 13.7. The van der Waals surface area contributed by atoms with Crippen LogP contribution < -0.4 is 10.1 Å². The van der Waals surface area contributed by atoms with Gasteiger partial charge in [-0.05, 0) is 47.2 Å². The first-order chi connectivity index (χ1) is 21.3. The lowest BCUT2D eigenvalue weighted by Crippen LogP contribution is -2.31. The van der Waals surface area contributed by atoms with Gasteiger partial charge >= 0.3 is 6.18 Å². The zero-order valence-corrected chi connectivity index (χ0v) is 26.2. The highest BCUT2D eigenvalue weighted by Crippen LogP contribution is 2.37. The summed E-state index contributed by atoms with van der Waals surface area (Å²) in [6.45, 7) is 7.33. The molecule has 0 bridgehead atoms. The molecule has 0 aliphatic rings. The third kappa shape index (κ3) is 9.76. The zero-order chi connectivity index (χ0) is 31.4. The van der Waals surface area contributed by atoms with Crippen molar-refractivity contribution in [1.82, 2.24) is 4.90 Å². The van der Waals surface area contributed by atoms with E-state index < -0.39 is 11.7 Å². The van der Waals surface area contributed by atoms with E-state index in [4.69, 9.17) is 16.3 Å². The molecule has 7 heteroatoms. The van der Waals surface area contributed by atoms with Gasteiger partial charge in [0, 0.05) is 43.9 Å². The van der Waals surface area contributed by atoms with E-state index >= 15 is 0 Å². The van der Waals surface area contributed by atoms with Crippen LogP contribution in [0.2, 0.25) is 5.02 Å². The molecule has 3 nitrogen and oxygen atoms in total. The van der Waals surface area contributed by atoms with Crippen molar-refractivity contribution in [2.75, 3.05) is 31.6 Å². The van der Waals surface area contributed by atoms with E-state index in [1.165, 1.54) is 6.07 Å². The second kappa shape index (κ2) is 16.6. The van der Waals surface area contributed by atoms with Crippen LogP contribution in [0.5, 0.6) is 5.75 Å². The van der Waals surface area contributed by atoms with Crippen molar-refractivity contribution in [3.8, 4) is 5.75 Å². The van der Waals surface area contributed by atoms with Crippen molar-refractivity contribution >= 4 is 17.3 Å². The van der Waals surface area contributed by atoms with Gasteiger partial charge in [0.15, 0.2) is 0 Å². The van der Waals surface area contributed by atoms with E-state index in [1.807, 2.05) is 60.7 Å². The molecule has 44 heavy (non-hydrogen) atoms. The molecule has 0 saturated carbocycles. The van der Waals surface area contributed by atoms with Gasteiger partial charge in [-0.25, -0.2) is 0 Å². The summed E-state index contributed by atoms with van der Waals surface area (Å²) < 4.78 is 47.1. The molecule has 0 atom stereocenters. The van der Waals surface area contributed by atoms with E-state index in [2.05, 4.69) is 48.3 Å². The normalized spacial score (nSPS) is 11.8. The van der Waals surface area contributed by atoms with Crippen LogP contribution in [0.1, 0.15) is 61.3 Å². The van der Waals surface area contributed by atoms with E-state index in [0.717, 1.165) is 48.0 Å². The lowest BCUT2D eigenvalue weighted by molar-refractivity contribution is -0.137. The first kappa shape index (κ1) is 33.4. The summed E-state index contributed by atoms with van der Waals surface area (Å²) in [6, 6.07) is 32.6. The highest BCUT2D eigenvalue weighted by atomic mass is 35.5. The summed E-state index contributed by atoms with van der Waals surface area (Å²) in [6.07, 6.45) is -1.55. The fourth-order valence-corrected chi connectivity index (χ4v) is 5.74. The van der Waals surface area contributed by atoms with E-state index in [-0.39, 0.29) is 17.5 Å². The average Bonchev–Trinajstić information content (AvgIpc) is 3.03. The van der Waals surface area contributed by atoms with Crippen LogP contribution in [0.25, 0.3) is 0 Å². The fourth-order valence-electron chi connectivity index (χ4n) is 5.44. The number of alkyl halides is 3. The molecule has 0 aliphatic carbocycles. The Morgan fingerprint density at radius 2 is 1.45 bits per heavy atom. The number of benzene rings is 4. The van der Waals surface area contributed by atoms with Crippen LogP contribution in [0.3, 0.4) is 0 Å². The zero-order valence-electron chi connectivity index (χ0n) is 25.5. The Morgan fingerprint density at radius 1 is 0.818 bits per heavy atom. The topological polar surface area (TPSA) is 24.5 Å². The molecule has 0 unspecified atom stereocenters. The van der Waals surface area contributed by atoms with Gasteiger partial charge in [0.05, 0.1) is 17.2 Å². The number of hydrogen-bond donors (Lipinski definition) is 1. The number of anilines is 1. The Morgan fingerprint density at radius 3 is 2.07 bits per heavy atom. The summed E-state index contributed by atoms with van der Waals surface area (Å²) in [4.78, 5) is 2.18. The van der Waals surface area contributed by atoms with Gasteiger partial charge in [-0.1, -0.05) is 117 Å². The fraction of sp³-hybridized carbons (Fsp3) is 0.351. The van der Waals surface area contributed by atoms with Crippen molar-refractivity contribution in [2.24, 2.45) is 5.92 Å². The standard InChI is InChI=1S/C37H42ClF3N2O/c1-3-28(4-2)25-42-32-19-12-20-33(24-32)44-23-13-22-43(26-31-18-11-21-35(36(31)38)37(39,40)41)27-34(29-14-7-5-8-15-29)30-16-9-6-10-17-30/h5-12,14-21,24,28,34,42H,3-4,13,22-23,25-27H2,1-2H3. The van der Waals surface area contributed by atoms with Crippen molar-refractivity contribution in [3.63, 3.8) is 0 Å². The van der Waals surface area contributed by atoms with Gasteiger partial charge in [0.2, 0.25) is 0 Å². The van der Waals surface area contributed by atoms with Crippen molar-refractivity contribution < 1.29 is 17.9 Å². The van der Waals surface area contributed by atoms with Gasteiger partial charge in [0.25, 0.3) is 0 Å². The first-order valence-electron chi connectivity index (χ1n) is 15.4. The SMILES string of the molecule is CCC(CC)CNc1cccc(OCCCN(Cc2cccc(C(F)(F)F)c2Cl)CC(c2ccccc2)c2ccccc2)c1. The minimum atomic E-state index is -4.51. The summed E-state index contributed by atoms with van der Waals surface area (Å²) in [7, 11) is 0. The molecule has 0 radical (unpaired) electrons. The molecule has 0 spiro atoms. The number of hydrogen-bond acceptors (Lipinski definition) is 3. The Bertz CT molecular complexity index is 1370. The summed E-state index contributed by atoms with van der Waals surface area (Å²) >= 11 is 6.35. The number of nitrogens with one attached hydrogen (secondary N) is 1. The third-order valence-corrected chi connectivity index (χ3v) is 8.54. The largest absolute Gasteiger partial charge is 0.493 e. The molecular weight excluding hydrogens is 581 g/mol. The van der Waals surface area contributed by atoms with Crippen LogP contribution in [0.4, 0.5) is 18.9 Å². The minimum absolute atomic E-state index is 0.0284. The lowest BCUT2D eigenvalue weighted by atomic mass is 9.90. The van der Waals surface area contributed by atoms with E-state index in [9.17, 15) is 13.2 Å². The highest BCUT2D eigenvalue weighted by Gasteiger charge is 2.34. The molecule has 4 aromatic carbocycles. The Hall–Kier alpha value is -3.48. The second-order valence-corrected chi connectivity index (χ2v) is 11.6. The second-order valence-electron chi connectivity index (χ2n) is 11.2. The van der Waals surface area contributed by atoms with Crippen LogP contribution in [0.15, 0.2) is 103 Å². The molecule has 234 valence electrons. The van der Waals surface area contributed by atoms with Crippen LogP contribution in [-0.2, 0) is 12.7 Å². The Kier molecular flexibility index (Phi) is 12.6. The van der Waals surface area contributed by atoms with E-state index in [0.29, 0.717) is 37.6 Å². The molecule has 4 rings (SSSR count). The molecule has 0 fully saturated rings. The van der Waals surface area contributed by atoms with Crippen molar-refractivity contribution in [2.45, 2.75) is 51.7 Å². The van der Waals surface area contributed by atoms with Gasteiger partial charge in [-0.2, -0.15) is 13.2 Å². The quantitative estimate of drug-likeness (QED) is 0.126. The minimum Gasteiger partial charge on any atom is -0.493 e. The molecule has 0 aliphatic heterocycles. The highest BCUT2D eigenvalue weighted by molar-refractivity contribution is 6.32. The molecule has 0 amide bonds. The maximum Gasteiger partial charge on any atom is 0.417 e. The monoisotopic (exact) mass is 622 g/mol. The number of halogens is 4. The number of ether oxygens (including phenoxy) is 1. The van der Waals surface area contributed by atoms with Gasteiger partial charge in [-0.3, -0.25) is 4.90 Å². The number of rotatable bonds is 16. The Balaban J connectivity index is 1.49. The van der Waals surface area contributed by atoms with Gasteiger partial charge in [-0.15, -0.1) is 0 Å². The maximum atomic E-state index is 13.7. The molecule has 1 N–H and O–H groups in total. The molecule has 0 saturated heterocycles. The van der Waals surface area contributed by atoms with Crippen LogP contribution >= 0.6 is 11.6 Å². The predicted molar refractivity (Wildman–Crippen MR) is 176 cm³/mol. The van der Waals surface area contributed by atoms with Crippen LogP contribution in [-0.4, -0.2) is 31.1 Å². The average molecular weight is 623 g/mol. The molecule has 0 aromatic heterocycles. The number of nitrogens with zero attached hydrogens (tertiary/aromatic N) is 1. The van der Waals surface area contributed by atoms with Gasteiger partial charge in [0.1, 0.15) is 5.75 Å². The van der Waals surface area contributed by atoms with Crippen molar-refractivity contribution in [1.29, 1.82) is 0 Å². The van der Waals surface area contributed by atoms with Gasteiger partial charge < -0.3 is 10.1 Å². The molecule has 4 aromatic rings. The summed E-state index contributed by atoms with van der Waals surface area (Å²) in [5, 5.41) is 3.27. The Labute approximate surface area is 265 Å². The third-order valence-electron chi connectivity index (χ3n) is 8.09. The first-order valence-corrected chi connectivity index (χ1v) is 15.8. The lowest BCUT2D eigenvalue weighted by Gasteiger charge is -2.29. The summed E-state index contributed by atoms with van der Waals surface area (Å²) in [5.41, 5.74) is 2.98. The van der Waals surface area contributed by atoms with Crippen LogP contribution in [0, 0.1) is 5.92 Å². The molecule has 0 heterocycles. The van der Waals surface area contributed by atoms with E-state index in [1.54, 1.807) is 6.07 Å². The smallest absolute Gasteiger partial charge is 0.417 e. The molecular formula is C37H42ClF3N2O. The predicted octanol–water partition coefficient (Wildman–Crippen LogP) is 10.3.